The number of nitrogens with one attached hydrogen (secondary N) is 1. The van der Waals surface area contributed by atoms with E-state index < -0.39 is 18.7 Å². The van der Waals surface area contributed by atoms with Crippen LogP contribution < -0.4 is 11.1 Å². The number of nitrogen functional groups attached to an aromatic ring is 1. The van der Waals surface area contributed by atoms with E-state index >= 15 is 0 Å². The maximum atomic E-state index is 12.3. The lowest BCUT2D eigenvalue weighted by molar-refractivity contribution is 0.00931. The van der Waals surface area contributed by atoms with Gasteiger partial charge in [0.05, 0.1) is 17.9 Å². The molecule has 0 heterocycles. The summed E-state index contributed by atoms with van der Waals surface area (Å²) in [6.07, 6.45) is 4.92. The minimum atomic E-state index is -1.08. The van der Waals surface area contributed by atoms with Crippen molar-refractivity contribution in [2.75, 3.05) is 25.5 Å². The number of nitrogens with two attached hydrogens (primary N) is 1. The van der Waals surface area contributed by atoms with Crippen LogP contribution in [0.3, 0.4) is 0 Å². The van der Waals surface area contributed by atoms with E-state index in [4.69, 9.17) is 15.6 Å². The number of halogens is 1. The lowest BCUT2D eigenvalue weighted by Gasteiger charge is -2.32. The number of benzene rings is 1. The molecule has 146 valence electrons. The van der Waals surface area contributed by atoms with Crippen molar-refractivity contribution in [3.63, 3.8) is 0 Å². The zero-order valence-electron chi connectivity index (χ0n) is 15.2. The number of hydrogen-bond acceptors (Lipinski definition) is 6. The van der Waals surface area contributed by atoms with Gasteiger partial charge in [0.25, 0.3) is 0 Å². The number of rotatable bonds is 8. The number of ether oxygens (including phenoxy) is 1. The summed E-state index contributed by atoms with van der Waals surface area (Å²) in [4.78, 5) is 12.3. The molecular formula is C19H29BrN2O4. The first-order chi connectivity index (χ1) is 12.5. The third kappa shape index (κ3) is 5.42. The van der Waals surface area contributed by atoms with Crippen LogP contribution >= 0.6 is 15.9 Å². The van der Waals surface area contributed by atoms with Crippen molar-refractivity contribution in [2.24, 2.45) is 5.92 Å². The molecule has 0 aromatic heterocycles. The summed E-state index contributed by atoms with van der Waals surface area (Å²) in [6.45, 7) is 2.19. The highest BCUT2D eigenvalue weighted by atomic mass is 79.9. The SMILES string of the molecule is CCNC(c1cc(C(=O)OCC(O)CO)cc(Br)c1N)C1CCCCC1. The number of esters is 1. The van der Waals surface area contributed by atoms with Crippen LogP contribution in [0.4, 0.5) is 5.69 Å². The fourth-order valence-electron chi connectivity index (χ4n) is 3.54. The Kier molecular flexibility index (Phi) is 8.34. The zero-order chi connectivity index (χ0) is 19.1. The summed E-state index contributed by atoms with van der Waals surface area (Å²) in [7, 11) is 0. The van der Waals surface area contributed by atoms with Gasteiger partial charge in [-0.2, -0.15) is 0 Å². The van der Waals surface area contributed by atoms with E-state index in [1.807, 2.05) is 0 Å². The van der Waals surface area contributed by atoms with Gasteiger partial charge < -0.3 is 26.0 Å². The van der Waals surface area contributed by atoms with Crippen LogP contribution in [0.1, 0.15) is 61.0 Å². The molecule has 7 heteroatoms. The second-order valence-corrected chi connectivity index (χ2v) is 7.68. The second-order valence-electron chi connectivity index (χ2n) is 6.83. The Balaban J connectivity index is 2.27. The first-order valence-electron chi connectivity index (χ1n) is 9.26. The number of aliphatic hydroxyl groups is 2. The van der Waals surface area contributed by atoms with Gasteiger partial charge in [-0.05, 0) is 58.9 Å². The summed E-state index contributed by atoms with van der Waals surface area (Å²) in [5.41, 5.74) is 8.24. The maximum Gasteiger partial charge on any atom is 0.338 e. The van der Waals surface area contributed by atoms with E-state index in [-0.39, 0.29) is 12.6 Å². The zero-order valence-corrected chi connectivity index (χ0v) is 16.8. The second kappa shape index (κ2) is 10.3. The predicted octanol–water partition coefficient (Wildman–Crippen LogP) is 2.77. The van der Waals surface area contributed by atoms with Gasteiger partial charge in [0, 0.05) is 10.5 Å². The predicted molar refractivity (Wildman–Crippen MR) is 105 cm³/mol. The van der Waals surface area contributed by atoms with Crippen molar-refractivity contribution in [3.8, 4) is 0 Å². The molecule has 1 aliphatic carbocycles. The molecule has 0 amide bonds. The highest BCUT2D eigenvalue weighted by Gasteiger charge is 2.27. The molecule has 6 nitrogen and oxygen atoms in total. The first-order valence-corrected chi connectivity index (χ1v) is 10.1. The number of anilines is 1. The Labute approximate surface area is 163 Å². The van der Waals surface area contributed by atoms with Crippen molar-refractivity contribution in [1.29, 1.82) is 0 Å². The number of carbonyl (C=O) groups is 1. The van der Waals surface area contributed by atoms with Crippen LogP contribution in [-0.4, -0.2) is 42.0 Å². The van der Waals surface area contributed by atoms with E-state index in [2.05, 4.69) is 28.2 Å². The summed E-state index contributed by atoms with van der Waals surface area (Å²) >= 11 is 3.45. The highest BCUT2D eigenvalue weighted by molar-refractivity contribution is 9.10. The quantitative estimate of drug-likeness (QED) is 0.374. The fraction of sp³-hybridized carbons (Fsp3) is 0.632. The van der Waals surface area contributed by atoms with Crippen LogP contribution in [-0.2, 0) is 4.74 Å². The molecule has 26 heavy (non-hydrogen) atoms. The van der Waals surface area contributed by atoms with Crippen molar-refractivity contribution in [1.82, 2.24) is 5.32 Å². The molecule has 1 aromatic rings. The van der Waals surface area contributed by atoms with E-state index in [1.165, 1.54) is 19.3 Å². The molecule has 5 N–H and O–H groups in total. The Morgan fingerprint density at radius 1 is 1.38 bits per heavy atom. The summed E-state index contributed by atoms with van der Waals surface area (Å²) in [5.74, 6) is -0.0567. The van der Waals surface area contributed by atoms with Crippen LogP contribution in [0, 0.1) is 5.92 Å². The number of aliphatic hydroxyl groups excluding tert-OH is 2. The lowest BCUT2D eigenvalue weighted by Crippen LogP contribution is -2.30. The van der Waals surface area contributed by atoms with Gasteiger partial charge in [-0.3, -0.25) is 0 Å². The van der Waals surface area contributed by atoms with Crippen LogP contribution in [0.2, 0.25) is 0 Å². The first kappa shape index (κ1) is 21.2. The highest BCUT2D eigenvalue weighted by Crippen LogP contribution is 2.39. The van der Waals surface area contributed by atoms with E-state index in [0.29, 0.717) is 21.6 Å². The van der Waals surface area contributed by atoms with Gasteiger partial charge in [-0.1, -0.05) is 26.2 Å². The smallest absolute Gasteiger partial charge is 0.338 e. The minimum Gasteiger partial charge on any atom is -0.459 e. The Morgan fingerprint density at radius 3 is 2.69 bits per heavy atom. The van der Waals surface area contributed by atoms with Gasteiger partial charge >= 0.3 is 5.97 Å². The summed E-state index contributed by atoms with van der Waals surface area (Å²) in [6, 6.07) is 3.51. The van der Waals surface area contributed by atoms with Crippen molar-refractivity contribution in [3.05, 3.63) is 27.7 Å². The minimum absolute atomic E-state index is 0.0902. The van der Waals surface area contributed by atoms with Gasteiger partial charge in [0.2, 0.25) is 0 Å². The Bertz CT molecular complexity index is 605. The molecule has 1 fully saturated rings. The largest absolute Gasteiger partial charge is 0.459 e. The molecule has 1 saturated carbocycles. The average molecular weight is 429 g/mol. The third-order valence-electron chi connectivity index (χ3n) is 4.90. The van der Waals surface area contributed by atoms with E-state index in [0.717, 1.165) is 24.9 Å². The molecule has 0 aliphatic heterocycles. The van der Waals surface area contributed by atoms with Crippen LogP contribution in [0.5, 0.6) is 0 Å². The summed E-state index contributed by atoms with van der Waals surface area (Å²) < 4.78 is 5.74. The van der Waals surface area contributed by atoms with Gasteiger partial charge in [-0.25, -0.2) is 4.79 Å². The molecule has 0 bridgehead atoms. The maximum absolute atomic E-state index is 12.3. The van der Waals surface area contributed by atoms with E-state index in [1.54, 1.807) is 12.1 Å². The number of carbonyl (C=O) groups excluding carboxylic acids is 1. The monoisotopic (exact) mass is 428 g/mol. The molecule has 2 atom stereocenters. The molecule has 1 aromatic carbocycles. The average Bonchev–Trinajstić information content (AvgIpc) is 2.66. The standard InChI is InChI=1S/C19H29BrN2O4/c1-2-22-18(12-6-4-3-5-7-12)15-8-13(9-16(20)17(15)21)19(25)26-11-14(24)10-23/h8-9,12,14,18,22-24H,2-7,10-11,21H2,1H3. The van der Waals surface area contributed by atoms with E-state index in [9.17, 15) is 9.90 Å². The van der Waals surface area contributed by atoms with Gasteiger partial charge in [0.1, 0.15) is 12.7 Å². The molecule has 0 radical (unpaired) electrons. The fourth-order valence-corrected chi connectivity index (χ4v) is 4.02. The van der Waals surface area contributed by atoms with Gasteiger partial charge in [-0.15, -0.1) is 0 Å². The normalized spacial score (nSPS) is 17.7. The topological polar surface area (TPSA) is 105 Å². The Morgan fingerprint density at radius 2 is 2.08 bits per heavy atom. The molecule has 2 unspecified atom stereocenters. The Hall–Kier alpha value is -1.15. The van der Waals surface area contributed by atoms with Crippen LogP contribution in [0.15, 0.2) is 16.6 Å². The van der Waals surface area contributed by atoms with Crippen molar-refractivity contribution in [2.45, 2.75) is 51.2 Å². The summed E-state index contributed by atoms with van der Waals surface area (Å²) in [5, 5.41) is 21.8. The van der Waals surface area contributed by atoms with Crippen LogP contribution in [0.25, 0.3) is 0 Å². The van der Waals surface area contributed by atoms with Crippen molar-refractivity contribution >= 4 is 27.6 Å². The van der Waals surface area contributed by atoms with Crippen molar-refractivity contribution < 1.29 is 19.7 Å². The molecule has 2 rings (SSSR count). The molecule has 1 aliphatic rings. The number of hydrogen-bond donors (Lipinski definition) is 4. The lowest BCUT2D eigenvalue weighted by atomic mass is 9.80. The molecular weight excluding hydrogens is 400 g/mol. The molecule has 0 saturated heterocycles. The van der Waals surface area contributed by atoms with Gasteiger partial charge in [0.15, 0.2) is 0 Å². The molecule has 0 spiro atoms. The third-order valence-corrected chi connectivity index (χ3v) is 5.55.